The smallest absolute Gasteiger partial charge is 0.229 e. The van der Waals surface area contributed by atoms with Crippen LogP contribution in [0.4, 0.5) is 0 Å². The van der Waals surface area contributed by atoms with E-state index in [1.807, 2.05) is 32.0 Å². The molecule has 2 aliphatic rings. The van der Waals surface area contributed by atoms with Crippen LogP contribution in [0.25, 0.3) is 0 Å². The Kier molecular flexibility index (Phi) is 6.03. The molecule has 1 saturated carbocycles. The summed E-state index contributed by atoms with van der Waals surface area (Å²) in [7, 11) is 2.09. The van der Waals surface area contributed by atoms with Crippen LogP contribution in [0.2, 0.25) is 5.02 Å². The highest BCUT2D eigenvalue weighted by molar-refractivity contribution is 6.30. The van der Waals surface area contributed by atoms with Gasteiger partial charge in [0.1, 0.15) is 6.61 Å². The molecule has 0 spiro atoms. The largest absolute Gasteiger partial charge is 0.476 e. The number of benzene rings is 1. The van der Waals surface area contributed by atoms with Gasteiger partial charge < -0.3 is 15.0 Å². The number of hydrogen-bond acceptors (Lipinski definition) is 4. The van der Waals surface area contributed by atoms with Gasteiger partial charge in [0.25, 0.3) is 0 Å². The minimum absolute atomic E-state index is 0.00525. The third kappa shape index (κ3) is 4.79. The summed E-state index contributed by atoms with van der Waals surface area (Å²) in [6.45, 7) is 5.88. The van der Waals surface area contributed by atoms with Crippen molar-refractivity contribution in [3.05, 3.63) is 58.7 Å². The van der Waals surface area contributed by atoms with Crippen molar-refractivity contribution in [1.82, 2.24) is 15.2 Å². The number of likely N-dealkylation sites (tertiary alicyclic amines) is 1. The van der Waals surface area contributed by atoms with Crippen molar-refractivity contribution in [2.75, 3.05) is 26.7 Å². The zero-order valence-corrected chi connectivity index (χ0v) is 18.7. The Morgan fingerprint density at radius 2 is 1.97 bits per heavy atom. The number of nitrogens with one attached hydrogen (secondary N) is 1. The molecular formula is C24H30ClN3O2. The maximum atomic E-state index is 13.2. The van der Waals surface area contributed by atoms with Gasteiger partial charge in [-0.25, -0.2) is 4.98 Å². The van der Waals surface area contributed by atoms with Crippen LogP contribution in [0.15, 0.2) is 42.6 Å². The monoisotopic (exact) mass is 427 g/mol. The molecule has 0 bridgehead atoms. The van der Waals surface area contributed by atoms with Crippen LogP contribution in [0.5, 0.6) is 5.88 Å². The average molecular weight is 428 g/mol. The molecule has 30 heavy (non-hydrogen) atoms. The van der Waals surface area contributed by atoms with Crippen LogP contribution in [-0.2, 0) is 4.79 Å². The number of amides is 1. The summed E-state index contributed by atoms with van der Waals surface area (Å²) < 4.78 is 6.04. The average Bonchev–Trinajstić information content (AvgIpc) is 3.50. The van der Waals surface area contributed by atoms with Gasteiger partial charge >= 0.3 is 0 Å². The molecular weight excluding hydrogens is 398 g/mol. The molecule has 1 aliphatic heterocycles. The lowest BCUT2D eigenvalue weighted by Crippen LogP contribution is -2.48. The normalized spacial score (nSPS) is 22.1. The highest BCUT2D eigenvalue weighted by Crippen LogP contribution is 2.43. The van der Waals surface area contributed by atoms with E-state index in [-0.39, 0.29) is 17.9 Å². The standard InChI is InChI=1S/C24H30ClN3O2/c1-24(2,15-30-22-19(16-6-7-16)5-4-12-26-22)23(29)27-21-14-28(3)13-20(21)17-8-10-18(25)11-9-17/h4-5,8-12,16,20-21H,6-7,13-15H2,1-3H3,(H,27,29)/t20-,21+/m0/s1. The molecule has 2 heterocycles. The van der Waals surface area contributed by atoms with E-state index in [1.165, 1.54) is 18.4 Å². The zero-order valence-electron chi connectivity index (χ0n) is 17.9. The van der Waals surface area contributed by atoms with Gasteiger partial charge in [-0.15, -0.1) is 0 Å². The van der Waals surface area contributed by atoms with E-state index in [4.69, 9.17) is 16.3 Å². The van der Waals surface area contributed by atoms with Gasteiger partial charge in [-0.1, -0.05) is 29.8 Å². The van der Waals surface area contributed by atoms with E-state index < -0.39 is 5.41 Å². The Morgan fingerprint density at radius 1 is 1.23 bits per heavy atom. The molecule has 5 nitrogen and oxygen atoms in total. The second-order valence-electron chi connectivity index (χ2n) is 9.30. The summed E-state index contributed by atoms with van der Waals surface area (Å²) in [4.78, 5) is 19.8. The maximum absolute atomic E-state index is 13.2. The van der Waals surface area contributed by atoms with Crippen molar-refractivity contribution in [3.63, 3.8) is 0 Å². The molecule has 2 atom stereocenters. The second-order valence-corrected chi connectivity index (χ2v) is 9.74. The number of pyridine rings is 1. The van der Waals surface area contributed by atoms with Crippen molar-refractivity contribution in [1.29, 1.82) is 0 Å². The van der Waals surface area contributed by atoms with E-state index in [1.54, 1.807) is 6.20 Å². The van der Waals surface area contributed by atoms with Crippen LogP contribution >= 0.6 is 11.6 Å². The summed E-state index contributed by atoms with van der Waals surface area (Å²) in [5.41, 5.74) is 1.70. The van der Waals surface area contributed by atoms with Gasteiger partial charge in [-0.3, -0.25) is 4.79 Å². The molecule has 1 aromatic carbocycles. The first kappa shape index (κ1) is 21.1. The minimum atomic E-state index is -0.663. The first-order valence-corrected chi connectivity index (χ1v) is 11.0. The van der Waals surface area contributed by atoms with Crippen molar-refractivity contribution >= 4 is 17.5 Å². The lowest BCUT2D eigenvalue weighted by molar-refractivity contribution is -0.131. The molecule has 1 saturated heterocycles. The Labute approximate surface area is 183 Å². The molecule has 2 aromatic rings. The fourth-order valence-corrected chi connectivity index (χ4v) is 4.23. The van der Waals surface area contributed by atoms with E-state index in [2.05, 4.69) is 40.4 Å². The van der Waals surface area contributed by atoms with Crippen LogP contribution in [-0.4, -0.2) is 48.6 Å². The maximum Gasteiger partial charge on any atom is 0.229 e. The van der Waals surface area contributed by atoms with Crippen molar-refractivity contribution in [2.45, 2.75) is 44.6 Å². The molecule has 1 aliphatic carbocycles. The van der Waals surface area contributed by atoms with E-state index >= 15 is 0 Å². The lowest BCUT2D eigenvalue weighted by atomic mass is 9.90. The quantitative estimate of drug-likeness (QED) is 0.718. The van der Waals surface area contributed by atoms with Crippen LogP contribution < -0.4 is 10.1 Å². The zero-order chi connectivity index (χ0) is 21.3. The third-order valence-corrected chi connectivity index (χ3v) is 6.37. The second kappa shape index (κ2) is 8.56. The predicted octanol–water partition coefficient (Wildman–Crippen LogP) is 4.23. The summed E-state index contributed by atoms with van der Waals surface area (Å²) in [6, 6.07) is 12.0. The minimum Gasteiger partial charge on any atom is -0.476 e. The number of halogens is 1. The summed E-state index contributed by atoms with van der Waals surface area (Å²) in [6.07, 6.45) is 4.12. The van der Waals surface area contributed by atoms with Crippen molar-refractivity contribution in [2.24, 2.45) is 5.41 Å². The molecule has 2 fully saturated rings. The fraction of sp³-hybridized carbons (Fsp3) is 0.500. The van der Waals surface area contributed by atoms with Gasteiger partial charge in [-0.2, -0.15) is 0 Å². The Balaban J connectivity index is 1.40. The third-order valence-electron chi connectivity index (χ3n) is 6.12. The number of ether oxygens (including phenoxy) is 1. The predicted molar refractivity (Wildman–Crippen MR) is 119 cm³/mol. The van der Waals surface area contributed by atoms with Gasteiger partial charge in [0.2, 0.25) is 11.8 Å². The van der Waals surface area contributed by atoms with Crippen LogP contribution in [0.1, 0.15) is 49.7 Å². The topological polar surface area (TPSA) is 54.5 Å². The SMILES string of the molecule is CN1C[C@@H](NC(=O)C(C)(C)COc2ncccc2C2CC2)[C@H](c2ccc(Cl)cc2)C1. The highest BCUT2D eigenvalue weighted by atomic mass is 35.5. The Bertz CT molecular complexity index is 896. The first-order chi connectivity index (χ1) is 14.3. The van der Waals surface area contributed by atoms with Gasteiger partial charge in [0.15, 0.2) is 0 Å². The summed E-state index contributed by atoms with van der Waals surface area (Å²) >= 11 is 6.05. The number of aromatic nitrogens is 1. The van der Waals surface area contributed by atoms with E-state index in [0.717, 1.165) is 23.7 Å². The van der Waals surface area contributed by atoms with Gasteiger partial charge in [0, 0.05) is 41.8 Å². The number of carbonyl (C=O) groups excluding carboxylic acids is 1. The number of hydrogen-bond donors (Lipinski definition) is 1. The molecule has 4 rings (SSSR count). The number of rotatable bonds is 7. The molecule has 1 N–H and O–H groups in total. The molecule has 1 amide bonds. The molecule has 0 radical (unpaired) electrons. The molecule has 160 valence electrons. The molecule has 0 unspecified atom stereocenters. The number of nitrogens with zero attached hydrogens (tertiary/aromatic N) is 2. The summed E-state index contributed by atoms with van der Waals surface area (Å²) in [5, 5.41) is 4.01. The first-order valence-electron chi connectivity index (χ1n) is 10.7. The summed E-state index contributed by atoms with van der Waals surface area (Å²) in [5.74, 6) is 1.47. The molecule has 6 heteroatoms. The lowest BCUT2D eigenvalue weighted by Gasteiger charge is -2.28. The van der Waals surface area contributed by atoms with Crippen LogP contribution in [0.3, 0.4) is 0 Å². The van der Waals surface area contributed by atoms with E-state index in [0.29, 0.717) is 18.4 Å². The highest BCUT2D eigenvalue weighted by Gasteiger charge is 2.37. The molecule has 1 aromatic heterocycles. The van der Waals surface area contributed by atoms with Gasteiger partial charge in [-0.05, 0) is 63.4 Å². The van der Waals surface area contributed by atoms with Crippen LogP contribution in [0, 0.1) is 5.41 Å². The number of likely N-dealkylation sites (N-methyl/N-ethyl adjacent to an activating group) is 1. The fourth-order valence-electron chi connectivity index (χ4n) is 4.10. The Hall–Kier alpha value is -2.11. The number of carbonyl (C=O) groups is 1. The van der Waals surface area contributed by atoms with Crippen molar-refractivity contribution < 1.29 is 9.53 Å². The van der Waals surface area contributed by atoms with Gasteiger partial charge in [0.05, 0.1) is 5.41 Å². The van der Waals surface area contributed by atoms with Crippen molar-refractivity contribution in [3.8, 4) is 5.88 Å². The Morgan fingerprint density at radius 3 is 2.67 bits per heavy atom. The van der Waals surface area contributed by atoms with E-state index in [9.17, 15) is 4.79 Å².